The maximum atomic E-state index is 5.74. The van der Waals surface area contributed by atoms with Crippen molar-refractivity contribution in [3.8, 4) is 5.75 Å². The zero-order chi connectivity index (χ0) is 13.5. The van der Waals surface area contributed by atoms with Crippen LogP contribution in [0.5, 0.6) is 5.75 Å². The molecule has 0 unspecified atom stereocenters. The molecule has 0 aliphatic heterocycles. The highest BCUT2D eigenvalue weighted by atomic mass is 32.1. The first-order chi connectivity index (χ1) is 9.31. The summed E-state index contributed by atoms with van der Waals surface area (Å²) >= 11 is 1.70. The normalized spacial score (nSPS) is 10.6. The van der Waals surface area contributed by atoms with Gasteiger partial charge in [-0.3, -0.25) is 0 Å². The van der Waals surface area contributed by atoms with Gasteiger partial charge in [-0.15, -0.1) is 11.3 Å². The Labute approximate surface area is 118 Å². The molecule has 1 N–H and O–H groups in total. The first kappa shape index (κ1) is 14.0. The van der Waals surface area contributed by atoms with Gasteiger partial charge in [-0.05, 0) is 30.7 Å². The molecule has 0 aliphatic rings. The highest BCUT2D eigenvalue weighted by molar-refractivity contribution is 7.11. The number of hydrogen-bond donors (Lipinski definition) is 1. The van der Waals surface area contributed by atoms with Crippen molar-refractivity contribution in [2.24, 2.45) is 0 Å². The van der Waals surface area contributed by atoms with Gasteiger partial charge in [-0.1, -0.05) is 26.0 Å². The van der Waals surface area contributed by atoms with Crippen molar-refractivity contribution in [1.29, 1.82) is 0 Å². The first-order valence-corrected chi connectivity index (χ1v) is 7.49. The van der Waals surface area contributed by atoms with Crippen molar-refractivity contribution in [2.45, 2.75) is 33.4 Å². The van der Waals surface area contributed by atoms with Crippen LogP contribution in [0.4, 0.5) is 0 Å². The smallest absolute Gasteiger partial charge is 0.140 e. The van der Waals surface area contributed by atoms with Crippen LogP contribution in [0.25, 0.3) is 0 Å². The number of aryl methyl sites for hydroxylation is 1. The summed E-state index contributed by atoms with van der Waals surface area (Å²) in [4.78, 5) is 5.62. The number of hydrogen-bond acceptors (Lipinski definition) is 4. The molecule has 3 nitrogen and oxygen atoms in total. The molecule has 19 heavy (non-hydrogen) atoms. The van der Waals surface area contributed by atoms with Crippen molar-refractivity contribution in [1.82, 2.24) is 10.3 Å². The molecular weight excluding hydrogens is 256 g/mol. The lowest BCUT2D eigenvalue weighted by Gasteiger charge is -2.04. The molecule has 0 spiro atoms. The fraction of sp³-hybridized carbons (Fsp3) is 0.400. The van der Waals surface area contributed by atoms with E-state index in [0.717, 1.165) is 30.3 Å². The van der Waals surface area contributed by atoms with Crippen molar-refractivity contribution in [3.05, 3.63) is 45.9 Å². The first-order valence-electron chi connectivity index (χ1n) is 6.67. The van der Waals surface area contributed by atoms with Crippen LogP contribution in [0.3, 0.4) is 0 Å². The van der Waals surface area contributed by atoms with E-state index in [0.29, 0.717) is 6.61 Å². The number of thiazole rings is 1. The van der Waals surface area contributed by atoms with Gasteiger partial charge in [0.25, 0.3) is 0 Å². The predicted molar refractivity (Wildman–Crippen MR) is 79.6 cm³/mol. The van der Waals surface area contributed by atoms with Gasteiger partial charge in [0, 0.05) is 17.6 Å². The highest BCUT2D eigenvalue weighted by Crippen LogP contribution is 2.17. The number of rotatable bonds is 7. The maximum Gasteiger partial charge on any atom is 0.140 e. The molecule has 0 aliphatic carbocycles. The van der Waals surface area contributed by atoms with Gasteiger partial charge in [0.05, 0.1) is 0 Å². The summed E-state index contributed by atoms with van der Waals surface area (Å²) in [5, 5.41) is 4.31. The average molecular weight is 276 g/mol. The van der Waals surface area contributed by atoms with Gasteiger partial charge in [0.2, 0.25) is 0 Å². The molecule has 0 bridgehead atoms. The highest BCUT2D eigenvalue weighted by Gasteiger charge is 2.02. The van der Waals surface area contributed by atoms with Crippen LogP contribution in [0.1, 0.15) is 29.3 Å². The minimum absolute atomic E-state index is 0.544. The summed E-state index contributed by atoms with van der Waals surface area (Å²) in [6.45, 7) is 6.66. The van der Waals surface area contributed by atoms with Gasteiger partial charge in [-0.25, -0.2) is 4.98 Å². The van der Waals surface area contributed by atoms with E-state index in [1.807, 2.05) is 18.3 Å². The standard InChI is InChI=1S/C15H20N2OS/c1-3-12-5-7-13(8-6-12)18-11-15-17-10-14(19-15)9-16-4-2/h5-8,10,16H,3-4,9,11H2,1-2H3. The summed E-state index contributed by atoms with van der Waals surface area (Å²) in [6.07, 6.45) is 2.98. The molecule has 102 valence electrons. The van der Waals surface area contributed by atoms with Crippen LogP contribution in [-0.4, -0.2) is 11.5 Å². The third kappa shape index (κ3) is 4.33. The maximum absolute atomic E-state index is 5.74. The lowest BCUT2D eigenvalue weighted by Crippen LogP contribution is -2.10. The number of nitrogens with zero attached hydrogens (tertiary/aromatic N) is 1. The van der Waals surface area contributed by atoms with E-state index >= 15 is 0 Å². The Morgan fingerprint density at radius 1 is 1.21 bits per heavy atom. The van der Waals surface area contributed by atoms with Crippen LogP contribution in [-0.2, 0) is 19.6 Å². The molecule has 0 fully saturated rings. The lowest BCUT2D eigenvalue weighted by atomic mass is 10.2. The molecule has 0 radical (unpaired) electrons. The van der Waals surface area contributed by atoms with E-state index in [1.54, 1.807) is 11.3 Å². The second-order valence-corrected chi connectivity index (χ2v) is 5.49. The van der Waals surface area contributed by atoms with E-state index in [-0.39, 0.29) is 0 Å². The van der Waals surface area contributed by atoms with Crippen molar-refractivity contribution in [2.75, 3.05) is 6.54 Å². The monoisotopic (exact) mass is 276 g/mol. The van der Waals surface area contributed by atoms with Crippen LogP contribution in [0.2, 0.25) is 0 Å². The summed E-state index contributed by atoms with van der Waals surface area (Å²) in [7, 11) is 0. The molecule has 1 aromatic carbocycles. The Bertz CT molecular complexity index is 493. The summed E-state index contributed by atoms with van der Waals surface area (Å²) in [6, 6.07) is 8.25. The van der Waals surface area contributed by atoms with E-state index < -0.39 is 0 Å². The Morgan fingerprint density at radius 2 is 2.00 bits per heavy atom. The van der Waals surface area contributed by atoms with Crippen molar-refractivity contribution < 1.29 is 4.74 Å². The third-order valence-electron chi connectivity index (χ3n) is 2.84. The molecule has 2 rings (SSSR count). The second kappa shape index (κ2) is 7.26. The van der Waals surface area contributed by atoms with Gasteiger partial charge in [0.1, 0.15) is 17.4 Å². The predicted octanol–water partition coefficient (Wildman–Crippen LogP) is 3.39. The Morgan fingerprint density at radius 3 is 2.68 bits per heavy atom. The summed E-state index contributed by atoms with van der Waals surface area (Å²) < 4.78 is 5.74. The summed E-state index contributed by atoms with van der Waals surface area (Å²) in [5.41, 5.74) is 1.33. The Hall–Kier alpha value is -1.39. The van der Waals surface area contributed by atoms with E-state index in [1.165, 1.54) is 10.4 Å². The molecular formula is C15H20N2OS. The van der Waals surface area contributed by atoms with Crippen LogP contribution < -0.4 is 10.1 Å². The van der Waals surface area contributed by atoms with Crippen LogP contribution >= 0.6 is 11.3 Å². The number of nitrogens with one attached hydrogen (secondary N) is 1. The molecule has 2 aromatic rings. The molecule has 0 saturated carbocycles. The van der Waals surface area contributed by atoms with Crippen molar-refractivity contribution in [3.63, 3.8) is 0 Å². The number of ether oxygens (including phenoxy) is 1. The summed E-state index contributed by atoms with van der Waals surface area (Å²) in [5.74, 6) is 0.903. The molecule has 1 heterocycles. The SMILES string of the molecule is CCNCc1cnc(COc2ccc(CC)cc2)s1. The molecule has 0 atom stereocenters. The van der Waals surface area contributed by atoms with Gasteiger partial charge < -0.3 is 10.1 Å². The van der Waals surface area contributed by atoms with E-state index in [2.05, 4.69) is 36.3 Å². The Balaban J connectivity index is 1.85. The molecule has 4 heteroatoms. The number of benzene rings is 1. The van der Waals surface area contributed by atoms with Crippen molar-refractivity contribution >= 4 is 11.3 Å². The zero-order valence-corrected chi connectivity index (χ0v) is 12.3. The quantitative estimate of drug-likeness (QED) is 0.841. The van der Waals surface area contributed by atoms with Gasteiger partial charge >= 0.3 is 0 Å². The Kier molecular flexibility index (Phi) is 5.36. The second-order valence-electron chi connectivity index (χ2n) is 4.29. The largest absolute Gasteiger partial charge is 0.486 e. The van der Waals surface area contributed by atoms with Crippen LogP contribution in [0.15, 0.2) is 30.5 Å². The third-order valence-corrected chi connectivity index (χ3v) is 3.82. The van der Waals surface area contributed by atoms with Gasteiger partial charge in [-0.2, -0.15) is 0 Å². The molecule has 1 aromatic heterocycles. The fourth-order valence-electron chi connectivity index (χ4n) is 1.71. The van der Waals surface area contributed by atoms with E-state index in [9.17, 15) is 0 Å². The topological polar surface area (TPSA) is 34.2 Å². The fourth-order valence-corrected chi connectivity index (χ4v) is 2.52. The lowest BCUT2D eigenvalue weighted by molar-refractivity contribution is 0.305. The molecule has 0 amide bonds. The number of aromatic nitrogens is 1. The molecule has 0 saturated heterocycles. The minimum Gasteiger partial charge on any atom is -0.486 e. The average Bonchev–Trinajstić information content (AvgIpc) is 2.91. The van der Waals surface area contributed by atoms with E-state index in [4.69, 9.17) is 4.74 Å². The minimum atomic E-state index is 0.544. The zero-order valence-electron chi connectivity index (χ0n) is 11.5. The van der Waals surface area contributed by atoms with Gasteiger partial charge in [0.15, 0.2) is 0 Å². The van der Waals surface area contributed by atoms with Crippen LogP contribution in [0, 0.1) is 0 Å².